The molecule has 4 nitrogen and oxygen atoms in total. The van der Waals surface area contributed by atoms with Crippen molar-refractivity contribution in [3.8, 4) is 0 Å². The second-order valence-electron chi connectivity index (χ2n) is 3.93. The number of ether oxygens (including phenoxy) is 1. The lowest BCUT2D eigenvalue weighted by Gasteiger charge is -2.22. The number of halogens is 1. The van der Waals surface area contributed by atoms with Crippen LogP contribution in [0.15, 0.2) is 0 Å². The highest BCUT2D eigenvalue weighted by Gasteiger charge is 2.17. The molecule has 0 spiro atoms. The van der Waals surface area contributed by atoms with Gasteiger partial charge in [-0.2, -0.15) is 0 Å². The Balaban J connectivity index is 2.04. The molecule has 0 N–H and O–H groups in total. The summed E-state index contributed by atoms with van der Waals surface area (Å²) in [5.74, 6) is 1.52. The zero-order chi connectivity index (χ0) is 10.7. The zero-order valence-corrected chi connectivity index (χ0v) is 9.70. The standard InChI is InChI=1S/C10H16ClN3O/c1-2-9-12-13-10(11)14(9)6-8-4-3-5-15-7-8/h8H,2-7H2,1H3. The van der Waals surface area contributed by atoms with Gasteiger partial charge in [0, 0.05) is 25.5 Å². The topological polar surface area (TPSA) is 39.9 Å². The van der Waals surface area contributed by atoms with Crippen LogP contribution in [0, 0.1) is 5.92 Å². The van der Waals surface area contributed by atoms with Gasteiger partial charge in [0.2, 0.25) is 5.28 Å². The fourth-order valence-corrected chi connectivity index (χ4v) is 2.17. The Labute approximate surface area is 94.6 Å². The van der Waals surface area contributed by atoms with E-state index >= 15 is 0 Å². The van der Waals surface area contributed by atoms with Gasteiger partial charge in [-0.3, -0.25) is 0 Å². The van der Waals surface area contributed by atoms with E-state index in [9.17, 15) is 0 Å². The van der Waals surface area contributed by atoms with Gasteiger partial charge in [0.15, 0.2) is 0 Å². The van der Waals surface area contributed by atoms with E-state index in [0.29, 0.717) is 11.2 Å². The Bertz CT molecular complexity index is 320. The third-order valence-electron chi connectivity index (χ3n) is 2.79. The number of rotatable bonds is 3. The average Bonchev–Trinajstić information content (AvgIpc) is 2.62. The molecule has 1 atom stereocenters. The van der Waals surface area contributed by atoms with Gasteiger partial charge in [-0.15, -0.1) is 10.2 Å². The minimum atomic E-state index is 0.498. The van der Waals surface area contributed by atoms with Crippen LogP contribution in [0.4, 0.5) is 0 Å². The molecule has 0 radical (unpaired) electrons. The number of hydrogen-bond donors (Lipinski definition) is 0. The third-order valence-corrected chi connectivity index (χ3v) is 3.07. The van der Waals surface area contributed by atoms with Crippen LogP contribution < -0.4 is 0 Å². The summed E-state index contributed by atoms with van der Waals surface area (Å²) >= 11 is 5.99. The lowest BCUT2D eigenvalue weighted by atomic mass is 10.0. The molecule has 1 aliphatic heterocycles. The summed E-state index contributed by atoms with van der Waals surface area (Å²) < 4.78 is 7.45. The fourth-order valence-electron chi connectivity index (χ4n) is 1.97. The number of aryl methyl sites for hydroxylation is 1. The van der Waals surface area contributed by atoms with Crippen LogP contribution in [0.5, 0.6) is 0 Å². The molecule has 0 saturated carbocycles. The van der Waals surface area contributed by atoms with Gasteiger partial charge in [0.25, 0.3) is 0 Å². The maximum absolute atomic E-state index is 5.99. The molecule has 1 unspecified atom stereocenters. The first-order valence-corrected chi connectivity index (χ1v) is 5.84. The number of nitrogens with zero attached hydrogens (tertiary/aromatic N) is 3. The summed E-state index contributed by atoms with van der Waals surface area (Å²) in [6.45, 7) is 4.67. The molecule has 15 heavy (non-hydrogen) atoms. The van der Waals surface area contributed by atoms with E-state index in [0.717, 1.165) is 38.4 Å². The van der Waals surface area contributed by atoms with Gasteiger partial charge in [0.1, 0.15) is 5.82 Å². The van der Waals surface area contributed by atoms with E-state index in [1.165, 1.54) is 6.42 Å². The SMILES string of the molecule is CCc1nnc(Cl)n1CC1CCCOC1. The van der Waals surface area contributed by atoms with Crippen molar-refractivity contribution in [3.05, 3.63) is 11.1 Å². The van der Waals surface area contributed by atoms with Crippen molar-refractivity contribution in [2.45, 2.75) is 32.7 Å². The van der Waals surface area contributed by atoms with Gasteiger partial charge in [-0.25, -0.2) is 0 Å². The van der Waals surface area contributed by atoms with Crippen LogP contribution in [0.1, 0.15) is 25.6 Å². The Morgan fingerprint density at radius 3 is 3.07 bits per heavy atom. The first kappa shape index (κ1) is 10.9. The Hall–Kier alpha value is -0.610. The molecule has 2 heterocycles. The highest BCUT2D eigenvalue weighted by molar-refractivity contribution is 6.28. The molecule has 1 aromatic rings. The van der Waals surface area contributed by atoms with Crippen LogP contribution in [-0.4, -0.2) is 28.0 Å². The maximum Gasteiger partial charge on any atom is 0.225 e. The fraction of sp³-hybridized carbons (Fsp3) is 0.800. The minimum Gasteiger partial charge on any atom is -0.381 e. The number of aromatic nitrogens is 3. The molecule has 0 aromatic carbocycles. The average molecular weight is 230 g/mol. The quantitative estimate of drug-likeness (QED) is 0.795. The molecule has 0 amide bonds. The van der Waals surface area contributed by atoms with Crippen molar-refractivity contribution in [2.24, 2.45) is 5.92 Å². The van der Waals surface area contributed by atoms with Crippen LogP contribution in [-0.2, 0) is 17.7 Å². The Morgan fingerprint density at radius 2 is 2.40 bits per heavy atom. The Morgan fingerprint density at radius 1 is 1.53 bits per heavy atom. The summed E-state index contributed by atoms with van der Waals surface area (Å²) in [5.41, 5.74) is 0. The van der Waals surface area contributed by atoms with Crippen molar-refractivity contribution >= 4 is 11.6 Å². The van der Waals surface area contributed by atoms with Gasteiger partial charge in [0.05, 0.1) is 6.61 Å². The number of hydrogen-bond acceptors (Lipinski definition) is 3. The highest BCUT2D eigenvalue weighted by Crippen LogP contribution is 2.19. The lowest BCUT2D eigenvalue weighted by molar-refractivity contribution is 0.0481. The monoisotopic (exact) mass is 229 g/mol. The van der Waals surface area contributed by atoms with Gasteiger partial charge < -0.3 is 9.30 Å². The Kier molecular flexibility index (Phi) is 3.59. The molecule has 84 valence electrons. The zero-order valence-electron chi connectivity index (χ0n) is 8.95. The molecule has 0 bridgehead atoms. The van der Waals surface area contributed by atoms with Crippen molar-refractivity contribution in [2.75, 3.05) is 13.2 Å². The van der Waals surface area contributed by atoms with Crippen LogP contribution in [0.3, 0.4) is 0 Å². The largest absolute Gasteiger partial charge is 0.381 e. The van der Waals surface area contributed by atoms with Crippen LogP contribution in [0.2, 0.25) is 5.28 Å². The second-order valence-corrected chi connectivity index (χ2v) is 4.27. The smallest absolute Gasteiger partial charge is 0.225 e. The van der Waals surface area contributed by atoms with Crippen LogP contribution >= 0.6 is 11.6 Å². The lowest BCUT2D eigenvalue weighted by Crippen LogP contribution is -2.23. The summed E-state index contributed by atoms with van der Waals surface area (Å²) in [7, 11) is 0. The minimum absolute atomic E-state index is 0.498. The molecule has 1 saturated heterocycles. The molecule has 2 rings (SSSR count). The van der Waals surface area contributed by atoms with E-state index in [2.05, 4.69) is 17.1 Å². The first-order valence-electron chi connectivity index (χ1n) is 5.46. The summed E-state index contributed by atoms with van der Waals surface area (Å²) in [4.78, 5) is 0. The molecule has 5 heteroatoms. The van der Waals surface area contributed by atoms with E-state index in [-0.39, 0.29) is 0 Å². The molecular formula is C10H16ClN3O. The second kappa shape index (κ2) is 4.94. The third kappa shape index (κ3) is 2.49. The first-order chi connectivity index (χ1) is 7.31. The highest BCUT2D eigenvalue weighted by atomic mass is 35.5. The van der Waals surface area contributed by atoms with E-state index in [4.69, 9.17) is 16.3 Å². The maximum atomic E-state index is 5.99. The predicted molar refractivity (Wildman–Crippen MR) is 58.0 cm³/mol. The van der Waals surface area contributed by atoms with E-state index < -0.39 is 0 Å². The van der Waals surface area contributed by atoms with E-state index in [1.54, 1.807) is 0 Å². The van der Waals surface area contributed by atoms with Gasteiger partial charge in [-0.05, 0) is 24.4 Å². The van der Waals surface area contributed by atoms with E-state index in [1.807, 2.05) is 4.57 Å². The van der Waals surface area contributed by atoms with Crippen molar-refractivity contribution in [1.29, 1.82) is 0 Å². The molecule has 0 aliphatic carbocycles. The van der Waals surface area contributed by atoms with Crippen molar-refractivity contribution in [3.63, 3.8) is 0 Å². The van der Waals surface area contributed by atoms with Crippen molar-refractivity contribution in [1.82, 2.24) is 14.8 Å². The summed E-state index contributed by atoms with van der Waals surface area (Å²) in [5, 5.41) is 8.43. The summed E-state index contributed by atoms with van der Waals surface area (Å²) in [6, 6.07) is 0. The van der Waals surface area contributed by atoms with Gasteiger partial charge in [-0.1, -0.05) is 6.92 Å². The molecular weight excluding hydrogens is 214 g/mol. The normalized spacial score (nSPS) is 21.9. The van der Waals surface area contributed by atoms with Crippen molar-refractivity contribution < 1.29 is 4.74 Å². The van der Waals surface area contributed by atoms with Crippen LogP contribution in [0.25, 0.3) is 0 Å². The molecule has 1 fully saturated rings. The molecule has 1 aliphatic rings. The van der Waals surface area contributed by atoms with Gasteiger partial charge >= 0.3 is 0 Å². The summed E-state index contributed by atoms with van der Waals surface area (Å²) in [6.07, 6.45) is 3.22. The molecule has 1 aromatic heterocycles. The predicted octanol–water partition coefficient (Wildman–Crippen LogP) is 1.92.